The van der Waals surface area contributed by atoms with Crippen LogP contribution in [0.5, 0.6) is 0 Å². The maximum Gasteiger partial charge on any atom is 0.262 e. The highest BCUT2D eigenvalue weighted by atomic mass is 16.2. The summed E-state index contributed by atoms with van der Waals surface area (Å²) in [6, 6.07) is 7.02. The second-order valence-electron chi connectivity index (χ2n) is 5.04. The van der Waals surface area contributed by atoms with Crippen LogP contribution in [0.4, 0.5) is 0 Å². The minimum Gasteiger partial charge on any atom is -0.269 e. The number of carbonyl (C=O) groups is 2. The minimum atomic E-state index is -0.144. The molecule has 2 amide bonds. The molecule has 1 atom stereocenters. The largest absolute Gasteiger partial charge is 0.269 e. The number of carbonyl (C=O) groups excluding carboxylic acids is 2. The molecule has 0 spiro atoms. The predicted molar refractivity (Wildman–Crippen MR) is 68.3 cm³/mol. The van der Waals surface area contributed by atoms with E-state index in [-0.39, 0.29) is 17.9 Å². The standard InChI is InChI=1S/C15H15NO2/c1-9-7-8-13(10(9)2)16-14(17)11-5-3-4-6-12(11)15(16)18/h3-6,13H,7-8H2,1-2H3. The van der Waals surface area contributed by atoms with Crippen LogP contribution in [0.2, 0.25) is 0 Å². The zero-order valence-electron chi connectivity index (χ0n) is 10.6. The molecule has 2 aliphatic rings. The van der Waals surface area contributed by atoms with Crippen molar-refractivity contribution in [1.29, 1.82) is 0 Å². The normalized spacial score (nSPS) is 23.0. The molecular weight excluding hydrogens is 226 g/mol. The van der Waals surface area contributed by atoms with Crippen molar-refractivity contribution in [3.8, 4) is 0 Å². The van der Waals surface area contributed by atoms with Crippen molar-refractivity contribution in [2.24, 2.45) is 0 Å². The van der Waals surface area contributed by atoms with E-state index < -0.39 is 0 Å². The molecule has 18 heavy (non-hydrogen) atoms. The van der Waals surface area contributed by atoms with Gasteiger partial charge in [0.2, 0.25) is 0 Å². The SMILES string of the molecule is CC1=C(C)C(N2C(=O)c3ccccc3C2=O)CC1. The van der Waals surface area contributed by atoms with E-state index in [1.54, 1.807) is 24.3 Å². The van der Waals surface area contributed by atoms with Crippen molar-refractivity contribution in [2.75, 3.05) is 0 Å². The summed E-state index contributed by atoms with van der Waals surface area (Å²) >= 11 is 0. The van der Waals surface area contributed by atoms with E-state index in [9.17, 15) is 9.59 Å². The summed E-state index contributed by atoms with van der Waals surface area (Å²) in [5.41, 5.74) is 3.56. The average Bonchev–Trinajstić information content (AvgIpc) is 2.82. The van der Waals surface area contributed by atoms with E-state index in [4.69, 9.17) is 0 Å². The van der Waals surface area contributed by atoms with E-state index in [0.717, 1.165) is 12.8 Å². The highest BCUT2D eigenvalue weighted by molar-refractivity contribution is 6.21. The van der Waals surface area contributed by atoms with Gasteiger partial charge in [0.1, 0.15) is 0 Å². The second kappa shape index (κ2) is 3.80. The van der Waals surface area contributed by atoms with Gasteiger partial charge < -0.3 is 0 Å². The van der Waals surface area contributed by atoms with Gasteiger partial charge in [-0.3, -0.25) is 14.5 Å². The molecule has 0 bridgehead atoms. The summed E-state index contributed by atoms with van der Waals surface area (Å²) < 4.78 is 0. The van der Waals surface area contributed by atoms with Crippen molar-refractivity contribution in [1.82, 2.24) is 4.90 Å². The van der Waals surface area contributed by atoms with E-state index in [1.165, 1.54) is 16.0 Å². The smallest absolute Gasteiger partial charge is 0.262 e. The van der Waals surface area contributed by atoms with Gasteiger partial charge in [-0.2, -0.15) is 0 Å². The van der Waals surface area contributed by atoms with Gasteiger partial charge in [-0.25, -0.2) is 0 Å². The monoisotopic (exact) mass is 241 g/mol. The molecule has 1 aromatic rings. The summed E-state index contributed by atoms with van der Waals surface area (Å²) in [6.07, 6.45) is 1.84. The van der Waals surface area contributed by atoms with Crippen LogP contribution in [-0.2, 0) is 0 Å². The number of fused-ring (bicyclic) bond motifs is 1. The fraction of sp³-hybridized carbons (Fsp3) is 0.333. The number of rotatable bonds is 1. The summed E-state index contributed by atoms with van der Waals surface area (Å²) in [6.45, 7) is 4.10. The zero-order chi connectivity index (χ0) is 12.9. The van der Waals surface area contributed by atoms with E-state index >= 15 is 0 Å². The van der Waals surface area contributed by atoms with Crippen LogP contribution in [0.1, 0.15) is 47.4 Å². The molecule has 0 radical (unpaired) electrons. The highest BCUT2D eigenvalue weighted by Gasteiger charge is 2.41. The first-order valence-electron chi connectivity index (χ1n) is 6.24. The highest BCUT2D eigenvalue weighted by Crippen LogP contribution is 2.34. The Labute approximate surface area is 106 Å². The predicted octanol–water partition coefficient (Wildman–Crippen LogP) is 2.78. The van der Waals surface area contributed by atoms with Crippen molar-refractivity contribution in [3.63, 3.8) is 0 Å². The molecule has 3 rings (SSSR count). The van der Waals surface area contributed by atoms with Crippen molar-refractivity contribution in [3.05, 3.63) is 46.5 Å². The molecule has 1 heterocycles. The Hall–Kier alpha value is -1.90. The van der Waals surface area contributed by atoms with Crippen molar-refractivity contribution < 1.29 is 9.59 Å². The average molecular weight is 241 g/mol. The van der Waals surface area contributed by atoms with Crippen molar-refractivity contribution in [2.45, 2.75) is 32.7 Å². The molecular formula is C15H15NO2. The Balaban J connectivity index is 2.03. The van der Waals surface area contributed by atoms with E-state index in [2.05, 4.69) is 6.92 Å². The molecule has 0 saturated heterocycles. The molecule has 1 aliphatic carbocycles. The maximum absolute atomic E-state index is 12.3. The third-order valence-electron chi connectivity index (χ3n) is 4.10. The van der Waals surface area contributed by atoms with Gasteiger partial charge >= 0.3 is 0 Å². The van der Waals surface area contributed by atoms with Crippen LogP contribution in [0.3, 0.4) is 0 Å². The molecule has 0 aromatic heterocycles. The lowest BCUT2D eigenvalue weighted by atomic mass is 10.1. The Morgan fingerprint density at radius 3 is 2.06 bits per heavy atom. The number of nitrogens with zero attached hydrogens (tertiary/aromatic N) is 1. The number of hydrogen-bond acceptors (Lipinski definition) is 2. The van der Waals surface area contributed by atoms with Crippen molar-refractivity contribution >= 4 is 11.8 Å². The number of allylic oxidation sites excluding steroid dienone is 1. The van der Waals surface area contributed by atoms with Crippen LogP contribution in [0, 0.1) is 0 Å². The van der Waals surface area contributed by atoms with E-state index in [0.29, 0.717) is 11.1 Å². The zero-order valence-corrected chi connectivity index (χ0v) is 10.6. The first kappa shape index (κ1) is 11.2. The van der Waals surface area contributed by atoms with Crippen LogP contribution >= 0.6 is 0 Å². The third-order valence-corrected chi connectivity index (χ3v) is 4.10. The Morgan fingerprint density at radius 1 is 1.06 bits per heavy atom. The Bertz CT molecular complexity index is 551. The van der Waals surface area contributed by atoms with Crippen LogP contribution in [0.25, 0.3) is 0 Å². The van der Waals surface area contributed by atoms with Gasteiger partial charge in [-0.05, 0) is 38.8 Å². The summed E-state index contributed by atoms with van der Waals surface area (Å²) in [5.74, 6) is -0.288. The fourth-order valence-electron chi connectivity index (χ4n) is 2.87. The topological polar surface area (TPSA) is 37.4 Å². The van der Waals surface area contributed by atoms with E-state index in [1.807, 2.05) is 6.92 Å². The lowest BCUT2D eigenvalue weighted by Gasteiger charge is -2.23. The van der Waals surface area contributed by atoms with Gasteiger partial charge in [-0.1, -0.05) is 23.3 Å². The number of benzene rings is 1. The number of imide groups is 1. The maximum atomic E-state index is 12.3. The fourth-order valence-corrected chi connectivity index (χ4v) is 2.87. The van der Waals surface area contributed by atoms with Crippen LogP contribution in [-0.4, -0.2) is 22.8 Å². The summed E-state index contributed by atoms with van der Waals surface area (Å²) in [5, 5.41) is 0. The molecule has 92 valence electrons. The Morgan fingerprint density at radius 2 is 1.61 bits per heavy atom. The summed E-state index contributed by atoms with van der Waals surface area (Å²) in [4.78, 5) is 26.1. The Kier molecular flexibility index (Phi) is 2.37. The molecule has 0 fully saturated rings. The molecule has 1 unspecified atom stereocenters. The van der Waals surface area contributed by atoms with Gasteiger partial charge in [-0.15, -0.1) is 0 Å². The van der Waals surface area contributed by atoms with Crippen LogP contribution in [0.15, 0.2) is 35.4 Å². The first-order chi connectivity index (χ1) is 8.61. The molecule has 0 N–H and O–H groups in total. The third kappa shape index (κ3) is 1.37. The minimum absolute atomic E-state index is 0.0441. The lowest BCUT2D eigenvalue weighted by molar-refractivity contribution is 0.0607. The molecule has 0 saturated carbocycles. The first-order valence-corrected chi connectivity index (χ1v) is 6.24. The van der Waals surface area contributed by atoms with Gasteiger partial charge in [0, 0.05) is 0 Å². The number of amides is 2. The molecule has 3 nitrogen and oxygen atoms in total. The second-order valence-corrected chi connectivity index (χ2v) is 5.04. The van der Waals surface area contributed by atoms with Gasteiger partial charge in [0.25, 0.3) is 11.8 Å². The van der Waals surface area contributed by atoms with Gasteiger partial charge in [0.05, 0.1) is 17.2 Å². The number of hydrogen-bond donors (Lipinski definition) is 0. The molecule has 1 aromatic carbocycles. The molecule has 1 aliphatic heterocycles. The molecule has 3 heteroatoms. The van der Waals surface area contributed by atoms with Crippen LogP contribution < -0.4 is 0 Å². The lowest BCUT2D eigenvalue weighted by Crippen LogP contribution is -2.39. The van der Waals surface area contributed by atoms with Gasteiger partial charge in [0.15, 0.2) is 0 Å². The summed E-state index contributed by atoms with van der Waals surface area (Å²) in [7, 11) is 0. The quantitative estimate of drug-likeness (QED) is 0.560.